The SMILES string of the molecule is CO[C@H]1C(C)OCC(C)[C@H]1OC#N. The van der Waals surface area contributed by atoms with E-state index in [1.54, 1.807) is 13.4 Å². The highest BCUT2D eigenvalue weighted by Gasteiger charge is 2.38. The van der Waals surface area contributed by atoms with Gasteiger partial charge in [-0.15, -0.1) is 0 Å². The number of rotatable bonds is 2. The van der Waals surface area contributed by atoms with Crippen LogP contribution in [-0.2, 0) is 14.2 Å². The Hall–Kier alpha value is -0.790. The summed E-state index contributed by atoms with van der Waals surface area (Å²) in [6, 6.07) is 0. The maximum Gasteiger partial charge on any atom is 0.286 e. The maximum absolute atomic E-state index is 8.47. The van der Waals surface area contributed by atoms with E-state index in [1.807, 2.05) is 13.8 Å². The molecule has 0 radical (unpaired) electrons. The summed E-state index contributed by atoms with van der Waals surface area (Å²) in [6.45, 7) is 4.53. The summed E-state index contributed by atoms with van der Waals surface area (Å²) >= 11 is 0. The van der Waals surface area contributed by atoms with Gasteiger partial charge < -0.3 is 14.2 Å². The molecule has 1 rings (SSSR count). The molecule has 0 aliphatic carbocycles. The molecule has 4 atom stereocenters. The van der Waals surface area contributed by atoms with Crippen LogP contribution in [-0.4, -0.2) is 32.0 Å². The van der Waals surface area contributed by atoms with Crippen molar-refractivity contribution < 1.29 is 14.2 Å². The normalized spacial score (nSPS) is 39.5. The highest BCUT2D eigenvalue weighted by atomic mass is 16.6. The van der Waals surface area contributed by atoms with E-state index in [9.17, 15) is 0 Å². The molecule has 0 aromatic carbocycles. The fourth-order valence-electron chi connectivity index (χ4n) is 1.65. The van der Waals surface area contributed by atoms with Gasteiger partial charge in [-0.05, 0) is 6.92 Å². The van der Waals surface area contributed by atoms with Gasteiger partial charge in [0.25, 0.3) is 6.26 Å². The highest BCUT2D eigenvalue weighted by molar-refractivity contribution is 4.86. The van der Waals surface area contributed by atoms with E-state index < -0.39 is 0 Å². The summed E-state index contributed by atoms with van der Waals surface area (Å²) < 4.78 is 15.7. The molecule has 1 fully saturated rings. The van der Waals surface area contributed by atoms with Crippen molar-refractivity contribution in [2.24, 2.45) is 5.92 Å². The van der Waals surface area contributed by atoms with Crippen molar-refractivity contribution >= 4 is 0 Å². The van der Waals surface area contributed by atoms with Crippen molar-refractivity contribution in [3.05, 3.63) is 0 Å². The van der Waals surface area contributed by atoms with Crippen LogP contribution in [0.3, 0.4) is 0 Å². The van der Waals surface area contributed by atoms with Crippen molar-refractivity contribution in [3.63, 3.8) is 0 Å². The fraction of sp³-hybridized carbons (Fsp3) is 0.889. The Morgan fingerprint density at radius 3 is 2.62 bits per heavy atom. The summed E-state index contributed by atoms with van der Waals surface area (Å²) in [5, 5.41) is 8.47. The number of hydrogen-bond donors (Lipinski definition) is 0. The second-order valence-electron chi connectivity index (χ2n) is 3.39. The van der Waals surface area contributed by atoms with Gasteiger partial charge in [0.2, 0.25) is 0 Å². The van der Waals surface area contributed by atoms with E-state index in [0.717, 1.165) is 0 Å². The highest BCUT2D eigenvalue weighted by Crippen LogP contribution is 2.24. The Labute approximate surface area is 78.4 Å². The van der Waals surface area contributed by atoms with Crippen molar-refractivity contribution in [2.45, 2.75) is 32.2 Å². The first kappa shape index (κ1) is 10.3. The zero-order valence-electron chi connectivity index (χ0n) is 8.19. The molecule has 1 saturated heterocycles. The summed E-state index contributed by atoms with van der Waals surface area (Å²) in [7, 11) is 1.61. The molecule has 13 heavy (non-hydrogen) atoms. The van der Waals surface area contributed by atoms with Gasteiger partial charge in [-0.1, -0.05) is 6.92 Å². The average molecular weight is 185 g/mol. The molecule has 1 heterocycles. The zero-order valence-corrected chi connectivity index (χ0v) is 8.19. The molecular formula is C9H15NO3. The minimum absolute atomic E-state index is 0.0143. The molecule has 2 unspecified atom stereocenters. The summed E-state index contributed by atoms with van der Waals surface area (Å²) in [5.41, 5.74) is 0. The molecule has 0 spiro atoms. The molecule has 1 aliphatic heterocycles. The van der Waals surface area contributed by atoms with E-state index in [2.05, 4.69) is 0 Å². The van der Waals surface area contributed by atoms with Crippen LogP contribution >= 0.6 is 0 Å². The molecule has 4 heteroatoms. The predicted molar refractivity (Wildman–Crippen MR) is 45.9 cm³/mol. The fourth-order valence-corrected chi connectivity index (χ4v) is 1.65. The Kier molecular flexibility index (Phi) is 3.52. The van der Waals surface area contributed by atoms with Crippen LogP contribution < -0.4 is 0 Å². The van der Waals surface area contributed by atoms with Gasteiger partial charge in [-0.3, -0.25) is 0 Å². The van der Waals surface area contributed by atoms with Crippen LogP contribution in [0, 0.1) is 17.4 Å². The summed E-state index contributed by atoms with van der Waals surface area (Å²) in [4.78, 5) is 0. The molecule has 74 valence electrons. The topological polar surface area (TPSA) is 51.5 Å². The third kappa shape index (κ3) is 2.11. The molecule has 0 N–H and O–H groups in total. The number of nitrogens with zero attached hydrogens (tertiary/aromatic N) is 1. The van der Waals surface area contributed by atoms with Gasteiger partial charge in [0.1, 0.15) is 12.2 Å². The first-order valence-corrected chi connectivity index (χ1v) is 4.39. The zero-order chi connectivity index (χ0) is 9.84. The third-order valence-electron chi connectivity index (χ3n) is 2.43. The van der Waals surface area contributed by atoms with Gasteiger partial charge in [-0.2, -0.15) is 5.26 Å². The van der Waals surface area contributed by atoms with E-state index >= 15 is 0 Å². The molecule has 0 aromatic heterocycles. The van der Waals surface area contributed by atoms with Crippen molar-refractivity contribution in [1.82, 2.24) is 0 Å². The Balaban J connectivity index is 2.66. The Morgan fingerprint density at radius 1 is 1.38 bits per heavy atom. The first-order chi connectivity index (χ1) is 6.20. The lowest BCUT2D eigenvalue weighted by molar-refractivity contribution is -0.165. The quantitative estimate of drug-likeness (QED) is 0.600. The lowest BCUT2D eigenvalue weighted by atomic mass is 9.94. The Morgan fingerprint density at radius 2 is 2.08 bits per heavy atom. The van der Waals surface area contributed by atoms with E-state index in [4.69, 9.17) is 19.5 Å². The van der Waals surface area contributed by atoms with Crippen LogP contribution in [0.1, 0.15) is 13.8 Å². The van der Waals surface area contributed by atoms with Crippen molar-refractivity contribution in [1.29, 1.82) is 5.26 Å². The van der Waals surface area contributed by atoms with Gasteiger partial charge in [0, 0.05) is 13.0 Å². The number of nitriles is 1. The summed E-state index contributed by atoms with van der Waals surface area (Å²) in [6.07, 6.45) is 1.37. The van der Waals surface area contributed by atoms with Crippen molar-refractivity contribution in [3.8, 4) is 6.26 Å². The number of hydrogen-bond acceptors (Lipinski definition) is 4. The molecule has 0 aromatic rings. The second-order valence-corrected chi connectivity index (χ2v) is 3.39. The van der Waals surface area contributed by atoms with E-state index in [-0.39, 0.29) is 24.2 Å². The largest absolute Gasteiger partial charge is 0.421 e. The molecular weight excluding hydrogens is 170 g/mol. The number of ether oxygens (including phenoxy) is 3. The van der Waals surface area contributed by atoms with Crippen LogP contribution in [0.15, 0.2) is 0 Å². The van der Waals surface area contributed by atoms with Crippen LogP contribution in [0.25, 0.3) is 0 Å². The van der Waals surface area contributed by atoms with Crippen LogP contribution in [0.4, 0.5) is 0 Å². The smallest absolute Gasteiger partial charge is 0.286 e. The lowest BCUT2D eigenvalue weighted by Gasteiger charge is -2.37. The lowest BCUT2D eigenvalue weighted by Crippen LogP contribution is -2.49. The molecule has 1 aliphatic rings. The molecule has 4 nitrogen and oxygen atoms in total. The first-order valence-electron chi connectivity index (χ1n) is 4.39. The minimum atomic E-state index is -0.182. The third-order valence-corrected chi connectivity index (χ3v) is 2.43. The number of methoxy groups -OCH3 is 1. The average Bonchev–Trinajstić information content (AvgIpc) is 2.12. The summed E-state index contributed by atoms with van der Waals surface area (Å²) in [5.74, 6) is 0.195. The van der Waals surface area contributed by atoms with E-state index in [1.165, 1.54) is 0 Å². The van der Waals surface area contributed by atoms with Gasteiger partial charge >= 0.3 is 0 Å². The maximum atomic E-state index is 8.47. The van der Waals surface area contributed by atoms with Crippen molar-refractivity contribution in [2.75, 3.05) is 13.7 Å². The predicted octanol–water partition coefficient (Wildman–Crippen LogP) is 0.922. The molecule has 0 bridgehead atoms. The van der Waals surface area contributed by atoms with E-state index in [0.29, 0.717) is 6.61 Å². The van der Waals surface area contributed by atoms with Gasteiger partial charge in [0.15, 0.2) is 0 Å². The monoisotopic (exact) mass is 185 g/mol. The van der Waals surface area contributed by atoms with Crippen LogP contribution in [0.5, 0.6) is 0 Å². The minimum Gasteiger partial charge on any atom is -0.421 e. The molecule has 0 saturated carbocycles. The van der Waals surface area contributed by atoms with Gasteiger partial charge in [-0.25, -0.2) is 0 Å². The Bertz CT molecular complexity index is 202. The van der Waals surface area contributed by atoms with Crippen LogP contribution in [0.2, 0.25) is 0 Å². The molecule has 0 amide bonds. The van der Waals surface area contributed by atoms with Gasteiger partial charge in [0.05, 0.1) is 12.7 Å². The second kappa shape index (κ2) is 4.45. The standard InChI is InChI=1S/C9H15NO3/c1-6-4-12-7(2)9(11-3)8(6)13-5-10/h6-9H,4H2,1-3H3/t6?,7?,8-,9+/m1/s1.